The van der Waals surface area contributed by atoms with Crippen LogP contribution in [-0.2, 0) is 35.1 Å². The quantitative estimate of drug-likeness (QED) is 0.421. The fraction of sp³-hybridized carbons (Fsp3) is 0.500. The second-order valence-electron chi connectivity index (χ2n) is 8.10. The molecule has 1 atom stereocenters. The fourth-order valence-corrected chi connectivity index (χ4v) is 2.70. The number of benzene rings is 1. The molecule has 1 rings (SSSR count). The van der Waals surface area contributed by atoms with Crippen molar-refractivity contribution >= 4 is 29.5 Å². The molecule has 0 aliphatic rings. The van der Waals surface area contributed by atoms with E-state index in [1.807, 2.05) is 6.07 Å². The average molecular weight is 434 g/mol. The molecule has 0 fully saturated rings. The molecule has 1 aromatic rings. The minimum absolute atomic E-state index is 0.106. The molecule has 1 unspecified atom stereocenters. The summed E-state index contributed by atoms with van der Waals surface area (Å²) in [6, 6.07) is 9.03. The van der Waals surface area contributed by atoms with E-state index in [1.165, 1.54) is 0 Å². The van der Waals surface area contributed by atoms with E-state index in [2.05, 4.69) is 10.6 Å². The van der Waals surface area contributed by atoms with Crippen LogP contribution < -0.4 is 10.6 Å². The van der Waals surface area contributed by atoms with Crippen molar-refractivity contribution in [2.45, 2.75) is 52.1 Å². The van der Waals surface area contributed by atoms with Crippen LogP contribution in [0.2, 0.25) is 0 Å². The molecule has 3 N–H and O–H groups in total. The van der Waals surface area contributed by atoms with Crippen LogP contribution in [0.1, 0.15) is 45.6 Å². The SMILES string of the molecule is CC(C)(C)OC(=O)CCC(=O)NCC(=O)CC(Cc1ccccc1)C(=O)NCC(=O)O. The number of carbonyl (C=O) groups is 5. The van der Waals surface area contributed by atoms with Crippen LogP contribution in [-0.4, -0.2) is 53.3 Å². The molecule has 170 valence electrons. The summed E-state index contributed by atoms with van der Waals surface area (Å²) in [7, 11) is 0. The molecule has 9 heteroatoms. The number of rotatable bonds is 12. The Morgan fingerprint density at radius 2 is 1.61 bits per heavy atom. The summed E-state index contributed by atoms with van der Waals surface area (Å²) < 4.78 is 5.12. The van der Waals surface area contributed by atoms with Crippen molar-refractivity contribution in [3.63, 3.8) is 0 Å². The summed E-state index contributed by atoms with van der Waals surface area (Å²) in [5, 5.41) is 13.5. The topological polar surface area (TPSA) is 139 Å². The van der Waals surface area contributed by atoms with Gasteiger partial charge >= 0.3 is 11.9 Å². The maximum absolute atomic E-state index is 12.4. The van der Waals surface area contributed by atoms with Crippen LogP contribution >= 0.6 is 0 Å². The van der Waals surface area contributed by atoms with Gasteiger partial charge in [-0.2, -0.15) is 0 Å². The van der Waals surface area contributed by atoms with E-state index in [0.29, 0.717) is 0 Å². The van der Waals surface area contributed by atoms with Gasteiger partial charge < -0.3 is 20.5 Å². The van der Waals surface area contributed by atoms with E-state index >= 15 is 0 Å². The van der Waals surface area contributed by atoms with Gasteiger partial charge in [0.25, 0.3) is 0 Å². The van der Waals surface area contributed by atoms with Crippen LogP contribution in [0.5, 0.6) is 0 Å². The Bertz CT molecular complexity index is 785. The van der Waals surface area contributed by atoms with Crippen molar-refractivity contribution in [1.29, 1.82) is 0 Å². The maximum atomic E-state index is 12.4. The summed E-state index contributed by atoms with van der Waals surface area (Å²) in [4.78, 5) is 58.9. The van der Waals surface area contributed by atoms with Gasteiger partial charge in [0.15, 0.2) is 5.78 Å². The number of esters is 1. The highest BCUT2D eigenvalue weighted by molar-refractivity contribution is 5.91. The van der Waals surface area contributed by atoms with Crippen LogP contribution in [0.3, 0.4) is 0 Å². The Balaban J connectivity index is 2.55. The molecular weight excluding hydrogens is 404 g/mol. The van der Waals surface area contributed by atoms with Crippen LogP contribution in [0.4, 0.5) is 0 Å². The third-order valence-corrected chi connectivity index (χ3v) is 4.04. The molecule has 0 saturated heterocycles. The first-order chi connectivity index (χ1) is 14.5. The van der Waals surface area contributed by atoms with Gasteiger partial charge in [-0.1, -0.05) is 30.3 Å². The largest absolute Gasteiger partial charge is 0.480 e. The zero-order chi connectivity index (χ0) is 23.4. The molecule has 0 aliphatic carbocycles. The number of carboxylic acid groups (broad SMARTS) is 1. The number of ether oxygens (including phenoxy) is 1. The van der Waals surface area contributed by atoms with Crippen molar-refractivity contribution in [3.8, 4) is 0 Å². The van der Waals surface area contributed by atoms with Crippen molar-refractivity contribution in [1.82, 2.24) is 10.6 Å². The lowest BCUT2D eigenvalue weighted by Gasteiger charge is -2.19. The van der Waals surface area contributed by atoms with Crippen molar-refractivity contribution in [2.75, 3.05) is 13.1 Å². The molecule has 0 heterocycles. The number of carboxylic acids is 1. The van der Waals surface area contributed by atoms with Crippen molar-refractivity contribution < 1.29 is 33.8 Å². The molecule has 0 aliphatic heterocycles. The van der Waals surface area contributed by atoms with Crippen LogP contribution in [0.25, 0.3) is 0 Å². The van der Waals surface area contributed by atoms with Crippen molar-refractivity contribution in [3.05, 3.63) is 35.9 Å². The smallest absolute Gasteiger partial charge is 0.322 e. The second-order valence-corrected chi connectivity index (χ2v) is 8.10. The Kier molecular flexibility index (Phi) is 10.4. The maximum Gasteiger partial charge on any atom is 0.322 e. The number of Topliss-reactive ketones (excluding diaryl/α,β-unsaturated/α-hetero) is 1. The standard InChI is InChI=1S/C22H30N2O7/c1-22(2,3)31-20(29)10-9-18(26)23-13-17(25)12-16(21(30)24-14-19(27)28)11-15-7-5-4-6-8-15/h4-8,16H,9-14H2,1-3H3,(H,23,26)(H,24,30)(H,27,28). The number of carbonyl (C=O) groups excluding carboxylic acids is 4. The van der Waals surface area contributed by atoms with Crippen LogP contribution in [0.15, 0.2) is 30.3 Å². The Hall–Kier alpha value is -3.23. The third kappa shape index (κ3) is 12.1. The molecule has 9 nitrogen and oxygen atoms in total. The lowest BCUT2D eigenvalue weighted by molar-refractivity contribution is -0.155. The van der Waals surface area contributed by atoms with Gasteiger partial charge in [-0.15, -0.1) is 0 Å². The van der Waals surface area contributed by atoms with E-state index in [-0.39, 0.29) is 38.0 Å². The first-order valence-electron chi connectivity index (χ1n) is 10.00. The molecule has 0 radical (unpaired) electrons. The Morgan fingerprint density at radius 3 is 2.19 bits per heavy atom. The number of hydrogen-bond acceptors (Lipinski definition) is 6. The minimum atomic E-state index is -1.18. The average Bonchev–Trinajstić information content (AvgIpc) is 2.68. The van der Waals surface area contributed by atoms with Crippen LogP contribution in [0, 0.1) is 5.92 Å². The van der Waals surface area contributed by atoms with Gasteiger partial charge in [-0.25, -0.2) is 0 Å². The number of aliphatic carboxylic acids is 1. The molecule has 0 saturated carbocycles. The molecule has 31 heavy (non-hydrogen) atoms. The van der Waals surface area contributed by atoms with Crippen molar-refractivity contribution in [2.24, 2.45) is 5.92 Å². The zero-order valence-electron chi connectivity index (χ0n) is 18.1. The molecule has 0 bridgehead atoms. The molecule has 1 aromatic carbocycles. The van der Waals surface area contributed by atoms with Gasteiger partial charge in [-0.05, 0) is 32.8 Å². The summed E-state index contributed by atoms with van der Waals surface area (Å²) >= 11 is 0. The summed E-state index contributed by atoms with van der Waals surface area (Å²) in [6.45, 7) is 4.34. The lowest BCUT2D eigenvalue weighted by atomic mass is 9.93. The number of amides is 2. The third-order valence-electron chi connectivity index (χ3n) is 4.04. The Morgan fingerprint density at radius 1 is 0.968 bits per heavy atom. The summed E-state index contributed by atoms with van der Waals surface area (Å²) in [6.07, 6.45) is -0.127. The van der Waals surface area contributed by atoms with E-state index < -0.39 is 41.8 Å². The first-order valence-corrected chi connectivity index (χ1v) is 10.00. The number of nitrogens with one attached hydrogen (secondary N) is 2. The predicted molar refractivity (Wildman–Crippen MR) is 112 cm³/mol. The normalized spacial score (nSPS) is 11.8. The number of hydrogen-bond donors (Lipinski definition) is 3. The van der Waals surface area contributed by atoms with Gasteiger partial charge in [0, 0.05) is 18.8 Å². The van der Waals surface area contributed by atoms with E-state index in [1.54, 1.807) is 45.0 Å². The van der Waals surface area contributed by atoms with Gasteiger partial charge in [0.1, 0.15) is 12.1 Å². The van der Waals surface area contributed by atoms with Gasteiger partial charge in [0.05, 0.1) is 13.0 Å². The van der Waals surface area contributed by atoms with E-state index in [4.69, 9.17) is 9.84 Å². The summed E-state index contributed by atoms with van der Waals surface area (Å²) in [5.41, 5.74) is 0.186. The highest BCUT2D eigenvalue weighted by Crippen LogP contribution is 2.13. The first kappa shape index (κ1) is 25.8. The number of ketones is 1. The zero-order valence-corrected chi connectivity index (χ0v) is 18.1. The minimum Gasteiger partial charge on any atom is -0.480 e. The van der Waals surface area contributed by atoms with Gasteiger partial charge in [0.2, 0.25) is 11.8 Å². The molecule has 2 amide bonds. The van der Waals surface area contributed by atoms with E-state index in [0.717, 1.165) is 5.56 Å². The predicted octanol–water partition coefficient (Wildman–Crippen LogP) is 1.24. The Labute approximate surface area is 181 Å². The monoisotopic (exact) mass is 434 g/mol. The lowest BCUT2D eigenvalue weighted by Crippen LogP contribution is -2.38. The highest BCUT2D eigenvalue weighted by Gasteiger charge is 2.23. The second kappa shape index (κ2) is 12.5. The molecule has 0 aromatic heterocycles. The van der Waals surface area contributed by atoms with E-state index in [9.17, 15) is 24.0 Å². The van der Waals surface area contributed by atoms with Gasteiger partial charge in [-0.3, -0.25) is 24.0 Å². The summed E-state index contributed by atoms with van der Waals surface area (Å²) in [5.74, 6) is -3.86. The molecular formula is C22H30N2O7. The molecule has 0 spiro atoms. The fourth-order valence-electron chi connectivity index (χ4n) is 2.70. The highest BCUT2D eigenvalue weighted by atomic mass is 16.6.